The monoisotopic (exact) mass is 246 g/mol. The topological polar surface area (TPSA) is 27.0 Å². The van der Waals surface area contributed by atoms with Gasteiger partial charge in [-0.1, -0.05) is 13.8 Å². The molecule has 18 heavy (non-hydrogen) atoms. The van der Waals surface area contributed by atoms with Crippen LogP contribution in [0.15, 0.2) is 18.2 Å². The number of hydrogen-bond acceptors (Lipinski definition) is 2. The fourth-order valence-electron chi connectivity index (χ4n) is 2.88. The predicted octanol–water partition coefficient (Wildman–Crippen LogP) is 3.57. The number of nitrogens with zero attached hydrogens (tertiary/aromatic N) is 2. The van der Waals surface area contributed by atoms with E-state index in [2.05, 4.69) is 31.7 Å². The summed E-state index contributed by atoms with van der Waals surface area (Å²) < 4.78 is 13.2. The molecule has 0 aliphatic carbocycles. The van der Waals surface area contributed by atoms with Gasteiger partial charge in [-0.3, -0.25) is 0 Å². The lowest BCUT2D eigenvalue weighted by Crippen LogP contribution is -2.46. The first-order chi connectivity index (χ1) is 8.52. The van der Waals surface area contributed by atoms with E-state index < -0.39 is 0 Å². The van der Waals surface area contributed by atoms with Crippen molar-refractivity contribution in [2.24, 2.45) is 11.8 Å². The molecule has 0 radical (unpaired) electrons. The average molecular weight is 246 g/mol. The van der Waals surface area contributed by atoms with Gasteiger partial charge in [0.25, 0.3) is 0 Å². The minimum Gasteiger partial charge on any atom is -0.367 e. The Bertz CT molecular complexity index is 478. The number of nitriles is 1. The van der Waals surface area contributed by atoms with Crippen molar-refractivity contribution in [1.29, 1.82) is 5.26 Å². The van der Waals surface area contributed by atoms with Crippen LogP contribution < -0.4 is 4.90 Å². The lowest BCUT2D eigenvalue weighted by atomic mass is 9.85. The third-order valence-electron chi connectivity index (χ3n) is 3.99. The lowest BCUT2D eigenvalue weighted by molar-refractivity contribution is 0.297. The van der Waals surface area contributed by atoms with Crippen molar-refractivity contribution >= 4 is 5.69 Å². The van der Waals surface area contributed by atoms with Crippen LogP contribution in [0.3, 0.4) is 0 Å². The van der Waals surface area contributed by atoms with Gasteiger partial charge < -0.3 is 4.90 Å². The van der Waals surface area contributed by atoms with Gasteiger partial charge in [-0.15, -0.1) is 0 Å². The van der Waals surface area contributed by atoms with Gasteiger partial charge in [-0.2, -0.15) is 5.26 Å². The number of hydrogen-bond donors (Lipinski definition) is 0. The molecule has 0 aromatic heterocycles. The van der Waals surface area contributed by atoms with Crippen LogP contribution in [-0.2, 0) is 0 Å². The first-order valence-electron chi connectivity index (χ1n) is 6.49. The van der Waals surface area contributed by atoms with Gasteiger partial charge in [-0.25, -0.2) is 4.39 Å². The molecule has 1 saturated heterocycles. The Morgan fingerprint density at radius 3 is 2.72 bits per heavy atom. The third kappa shape index (κ3) is 2.33. The summed E-state index contributed by atoms with van der Waals surface area (Å²) in [7, 11) is 0. The van der Waals surface area contributed by atoms with Crippen LogP contribution in [-0.4, -0.2) is 12.6 Å². The fraction of sp³-hybridized carbons (Fsp3) is 0.533. The van der Waals surface area contributed by atoms with Gasteiger partial charge in [0.2, 0.25) is 0 Å². The highest BCUT2D eigenvalue weighted by molar-refractivity contribution is 5.60. The first kappa shape index (κ1) is 12.9. The molecule has 1 heterocycles. The Labute approximate surface area is 108 Å². The Morgan fingerprint density at radius 2 is 2.06 bits per heavy atom. The summed E-state index contributed by atoms with van der Waals surface area (Å²) in [6.07, 6.45) is 1.21. The summed E-state index contributed by atoms with van der Waals surface area (Å²) in [5.74, 6) is 0.846. The Hall–Kier alpha value is -1.56. The van der Waals surface area contributed by atoms with Crippen molar-refractivity contribution in [1.82, 2.24) is 0 Å². The Kier molecular flexibility index (Phi) is 3.56. The van der Waals surface area contributed by atoms with Gasteiger partial charge in [0.1, 0.15) is 11.9 Å². The molecule has 3 unspecified atom stereocenters. The quantitative estimate of drug-likeness (QED) is 0.757. The van der Waals surface area contributed by atoms with Gasteiger partial charge >= 0.3 is 0 Å². The molecule has 1 aliphatic heterocycles. The summed E-state index contributed by atoms with van der Waals surface area (Å²) in [6, 6.07) is 6.98. The third-order valence-corrected chi connectivity index (χ3v) is 3.99. The van der Waals surface area contributed by atoms with Gasteiger partial charge in [0.05, 0.1) is 11.3 Å². The minimum atomic E-state index is -0.346. The van der Waals surface area contributed by atoms with Crippen LogP contribution in [0.1, 0.15) is 32.8 Å². The molecule has 1 aliphatic rings. The van der Waals surface area contributed by atoms with Crippen LogP contribution in [0, 0.1) is 29.0 Å². The Morgan fingerprint density at radius 1 is 1.33 bits per heavy atom. The fourth-order valence-corrected chi connectivity index (χ4v) is 2.88. The second kappa shape index (κ2) is 4.97. The van der Waals surface area contributed by atoms with Crippen LogP contribution in [0.25, 0.3) is 0 Å². The van der Waals surface area contributed by atoms with E-state index in [1.54, 1.807) is 6.07 Å². The number of rotatable bonds is 1. The maximum absolute atomic E-state index is 13.2. The first-order valence-corrected chi connectivity index (χ1v) is 6.49. The summed E-state index contributed by atoms with van der Waals surface area (Å²) in [6.45, 7) is 7.58. The molecule has 2 rings (SSSR count). The van der Waals surface area contributed by atoms with Crippen LogP contribution in [0.5, 0.6) is 0 Å². The molecule has 1 fully saturated rings. The number of halogens is 1. The average Bonchev–Trinajstić information content (AvgIpc) is 2.34. The summed E-state index contributed by atoms with van der Waals surface area (Å²) >= 11 is 0. The molecule has 0 spiro atoms. The van der Waals surface area contributed by atoms with E-state index >= 15 is 0 Å². The highest BCUT2D eigenvalue weighted by Gasteiger charge is 2.30. The molecule has 0 saturated carbocycles. The summed E-state index contributed by atoms with van der Waals surface area (Å²) in [5, 5.41) is 9.15. The molecule has 1 aromatic rings. The lowest BCUT2D eigenvalue weighted by Gasteiger charge is -2.43. The smallest absolute Gasteiger partial charge is 0.124 e. The molecule has 0 bridgehead atoms. The molecular formula is C15H19FN2. The van der Waals surface area contributed by atoms with Crippen molar-refractivity contribution in [3.63, 3.8) is 0 Å². The summed E-state index contributed by atoms with van der Waals surface area (Å²) in [4.78, 5) is 2.25. The Balaban J connectivity index is 2.38. The maximum Gasteiger partial charge on any atom is 0.124 e. The van der Waals surface area contributed by atoms with Crippen LogP contribution >= 0.6 is 0 Å². The molecule has 3 heteroatoms. The molecule has 0 N–H and O–H groups in total. The minimum absolute atomic E-state index is 0.346. The zero-order valence-corrected chi connectivity index (χ0v) is 11.2. The molecule has 0 amide bonds. The normalized spacial score (nSPS) is 27.9. The zero-order chi connectivity index (χ0) is 13.3. The van der Waals surface area contributed by atoms with Crippen LogP contribution in [0.4, 0.5) is 10.1 Å². The highest BCUT2D eigenvalue weighted by Crippen LogP contribution is 2.33. The largest absolute Gasteiger partial charge is 0.367 e. The van der Waals surface area contributed by atoms with E-state index in [4.69, 9.17) is 5.26 Å². The second-order valence-electron chi connectivity index (χ2n) is 5.48. The van der Waals surface area contributed by atoms with Gasteiger partial charge in [0.15, 0.2) is 0 Å². The van der Waals surface area contributed by atoms with Crippen molar-refractivity contribution in [3.8, 4) is 6.07 Å². The van der Waals surface area contributed by atoms with Crippen molar-refractivity contribution in [2.45, 2.75) is 33.2 Å². The van der Waals surface area contributed by atoms with Crippen LogP contribution in [0.2, 0.25) is 0 Å². The van der Waals surface area contributed by atoms with E-state index in [0.29, 0.717) is 23.4 Å². The molecule has 3 atom stereocenters. The number of benzene rings is 1. The van der Waals surface area contributed by atoms with E-state index in [1.807, 2.05) is 0 Å². The number of piperidine rings is 1. The second-order valence-corrected chi connectivity index (χ2v) is 5.48. The standard InChI is InChI=1S/C15H19FN2/c1-10-6-11(2)12(3)18(9-10)15-5-4-14(16)7-13(15)8-17/h4-5,7,10-12H,6,9H2,1-3H3. The van der Waals surface area contributed by atoms with Crippen molar-refractivity contribution < 1.29 is 4.39 Å². The zero-order valence-electron chi connectivity index (χ0n) is 11.2. The van der Waals surface area contributed by atoms with Gasteiger partial charge in [0, 0.05) is 12.6 Å². The van der Waals surface area contributed by atoms with E-state index in [0.717, 1.165) is 12.2 Å². The molecule has 1 aromatic carbocycles. The maximum atomic E-state index is 13.2. The highest BCUT2D eigenvalue weighted by atomic mass is 19.1. The number of anilines is 1. The molecular weight excluding hydrogens is 227 g/mol. The SMILES string of the molecule is CC1CC(C)C(C)N(c2ccc(F)cc2C#N)C1. The van der Waals surface area contributed by atoms with Crippen molar-refractivity contribution in [3.05, 3.63) is 29.6 Å². The molecule has 96 valence electrons. The van der Waals surface area contributed by atoms with Gasteiger partial charge in [-0.05, 0) is 43.4 Å². The predicted molar refractivity (Wildman–Crippen MR) is 70.9 cm³/mol. The summed E-state index contributed by atoms with van der Waals surface area (Å²) in [5.41, 5.74) is 1.30. The van der Waals surface area contributed by atoms with E-state index in [1.165, 1.54) is 18.6 Å². The van der Waals surface area contributed by atoms with E-state index in [-0.39, 0.29) is 5.82 Å². The van der Waals surface area contributed by atoms with Crippen molar-refractivity contribution in [2.75, 3.05) is 11.4 Å². The van der Waals surface area contributed by atoms with E-state index in [9.17, 15) is 4.39 Å². The molecule has 2 nitrogen and oxygen atoms in total.